The minimum Gasteiger partial charge on any atom is -0.508 e. The SMILES string of the molecule is CCCCN1C(=O)C(C)Oc2ccc(O)cc21. The van der Waals surface area contributed by atoms with E-state index in [-0.39, 0.29) is 11.7 Å². The van der Waals surface area contributed by atoms with E-state index in [9.17, 15) is 9.90 Å². The second kappa shape index (κ2) is 4.65. The number of nitrogens with zero attached hydrogens (tertiary/aromatic N) is 1. The lowest BCUT2D eigenvalue weighted by atomic mass is 10.1. The summed E-state index contributed by atoms with van der Waals surface area (Å²) in [5, 5.41) is 9.49. The molecule has 17 heavy (non-hydrogen) atoms. The normalized spacial score (nSPS) is 18.8. The zero-order valence-electron chi connectivity index (χ0n) is 10.1. The van der Waals surface area contributed by atoms with Gasteiger partial charge in [-0.3, -0.25) is 4.79 Å². The molecule has 0 bridgehead atoms. The molecule has 1 heterocycles. The van der Waals surface area contributed by atoms with Gasteiger partial charge >= 0.3 is 0 Å². The van der Waals surface area contributed by atoms with E-state index in [2.05, 4.69) is 6.92 Å². The second-order valence-corrected chi connectivity index (χ2v) is 4.26. The Morgan fingerprint density at radius 1 is 1.47 bits per heavy atom. The smallest absolute Gasteiger partial charge is 0.267 e. The molecule has 1 N–H and O–H groups in total. The molecule has 0 saturated heterocycles. The molecule has 92 valence electrons. The van der Waals surface area contributed by atoms with Gasteiger partial charge in [0.15, 0.2) is 6.10 Å². The molecule has 1 unspecified atom stereocenters. The third kappa shape index (κ3) is 2.20. The highest BCUT2D eigenvalue weighted by Gasteiger charge is 2.31. The summed E-state index contributed by atoms with van der Waals surface area (Å²) in [5.74, 6) is 0.763. The highest BCUT2D eigenvalue weighted by atomic mass is 16.5. The molecule has 1 atom stereocenters. The molecular weight excluding hydrogens is 218 g/mol. The maximum atomic E-state index is 12.0. The fraction of sp³-hybridized carbons (Fsp3) is 0.462. The van der Waals surface area contributed by atoms with Crippen molar-refractivity contribution in [3.05, 3.63) is 18.2 Å². The van der Waals surface area contributed by atoms with Crippen LogP contribution in [0.1, 0.15) is 26.7 Å². The van der Waals surface area contributed by atoms with E-state index in [0.29, 0.717) is 18.0 Å². The van der Waals surface area contributed by atoms with Gasteiger partial charge in [-0.2, -0.15) is 0 Å². The molecule has 0 radical (unpaired) electrons. The molecule has 4 heteroatoms. The minimum atomic E-state index is -0.455. The van der Waals surface area contributed by atoms with Crippen molar-refractivity contribution in [2.45, 2.75) is 32.8 Å². The fourth-order valence-corrected chi connectivity index (χ4v) is 1.94. The van der Waals surface area contributed by atoms with Crippen LogP contribution in [0.4, 0.5) is 5.69 Å². The van der Waals surface area contributed by atoms with Crippen LogP contribution in [0.25, 0.3) is 0 Å². The Bertz CT molecular complexity index is 431. The number of phenols is 1. The Kier molecular flexibility index (Phi) is 3.22. The predicted molar refractivity (Wildman–Crippen MR) is 65.5 cm³/mol. The molecule has 1 aromatic rings. The average Bonchev–Trinajstić information content (AvgIpc) is 2.31. The standard InChI is InChI=1S/C13H17NO3/c1-3-4-7-14-11-8-10(15)5-6-12(11)17-9(2)13(14)16/h5-6,8-9,15H,3-4,7H2,1-2H3. The number of anilines is 1. The number of fused-ring (bicyclic) bond motifs is 1. The van der Waals surface area contributed by atoms with Crippen LogP contribution >= 0.6 is 0 Å². The van der Waals surface area contributed by atoms with Crippen molar-refractivity contribution in [3.8, 4) is 11.5 Å². The van der Waals surface area contributed by atoms with Crippen LogP contribution in [0.15, 0.2) is 18.2 Å². The van der Waals surface area contributed by atoms with Crippen molar-refractivity contribution in [1.29, 1.82) is 0 Å². The van der Waals surface area contributed by atoms with E-state index in [1.807, 2.05) is 0 Å². The quantitative estimate of drug-likeness (QED) is 0.874. The first-order chi connectivity index (χ1) is 8.13. The van der Waals surface area contributed by atoms with Crippen LogP contribution in [0.2, 0.25) is 0 Å². The van der Waals surface area contributed by atoms with Crippen LogP contribution < -0.4 is 9.64 Å². The van der Waals surface area contributed by atoms with Crippen molar-refractivity contribution in [3.63, 3.8) is 0 Å². The molecular formula is C13H17NO3. The third-order valence-electron chi connectivity index (χ3n) is 2.89. The lowest BCUT2D eigenvalue weighted by Gasteiger charge is -2.33. The number of phenolic OH excluding ortho intramolecular Hbond substituents is 1. The molecule has 1 aliphatic heterocycles. The van der Waals surface area contributed by atoms with Crippen LogP contribution in [-0.4, -0.2) is 23.7 Å². The van der Waals surface area contributed by atoms with Gasteiger partial charge in [0, 0.05) is 12.6 Å². The molecule has 1 aliphatic rings. The lowest BCUT2D eigenvalue weighted by molar-refractivity contribution is -0.125. The van der Waals surface area contributed by atoms with Crippen LogP contribution in [0.3, 0.4) is 0 Å². The van der Waals surface area contributed by atoms with E-state index >= 15 is 0 Å². The molecule has 2 rings (SSSR count). The van der Waals surface area contributed by atoms with Gasteiger partial charge in [-0.25, -0.2) is 0 Å². The predicted octanol–water partition coefficient (Wildman–Crippen LogP) is 2.31. The maximum absolute atomic E-state index is 12.0. The van der Waals surface area contributed by atoms with Crippen LogP contribution in [0, 0.1) is 0 Å². The zero-order valence-corrected chi connectivity index (χ0v) is 10.1. The number of benzene rings is 1. The van der Waals surface area contributed by atoms with Gasteiger partial charge in [-0.15, -0.1) is 0 Å². The van der Waals surface area contributed by atoms with Crippen molar-refractivity contribution < 1.29 is 14.6 Å². The highest BCUT2D eigenvalue weighted by Crippen LogP contribution is 2.36. The third-order valence-corrected chi connectivity index (χ3v) is 2.89. The van der Waals surface area contributed by atoms with E-state index < -0.39 is 6.10 Å². The number of hydrogen-bond acceptors (Lipinski definition) is 3. The summed E-state index contributed by atoms with van der Waals surface area (Å²) in [4.78, 5) is 13.7. The van der Waals surface area contributed by atoms with Gasteiger partial charge in [0.1, 0.15) is 11.5 Å². The Morgan fingerprint density at radius 2 is 2.24 bits per heavy atom. The molecule has 0 aromatic heterocycles. The largest absolute Gasteiger partial charge is 0.508 e. The van der Waals surface area contributed by atoms with Crippen molar-refractivity contribution >= 4 is 11.6 Å². The Balaban J connectivity index is 2.36. The van der Waals surface area contributed by atoms with E-state index in [4.69, 9.17) is 4.74 Å². The van der Waals surface area contributed by atoms with Crippen LogP contribution in [0.5, 0.6) is 11.5 Å². The number of carbonyl (C=O) groups is 1. The number of carbonyl (C=O) groups excluding carboxylic acids is 1. The molecule has 0 saturated carbocycles. The van der Waals surface area contributed by atoms with Crippen LogP contribution in [-0.2, 0) is 4.79 Å². The summed E-state index contributed by atoms with van der Waals surface area (Å²) >= 11 is 0. The maximum Gasteiger partial charge on any atom is 0.267 e. The van der Waals surface area contributed by atoms with Gasteiger partial charge in [-0.05, 0) is 25.5 Å². The summed E-state index contributed by atoms with van der Waals surface area (Å²) in [6, 6.07) is 4.85. The van der Waals surface area contributed by atoms with E-state index in [1.165, 1.54) is 0 Å². The summed E-state index contributed by atoms with van der Waals surface area (Å²) < 4.78 is 5.51. The highest BCUT2D eigenvalue weighted by molar-refractivity contribution is 6.00. The number of amides is 1. The summed E-state index contributed by atoms with van der Waals surface area (Å²) in [7, 11) is 0. The average molecular weight is 235 g/mol. The number of rotatable bonds is 3. The summed E-state index contributed by atoms with van der Waals surface area (Å²) in [5.41, 5.74) is 0.668. The summed E-state index contributed by atoms with van der Waals surface area (Å²) in [6.45, 7) is 4.49. The second-order valence-electron chi connectivity index (χ2n) is 4.26. The summed E-state index contributed by atoms with van der Waals surface area (Å²) in [6.07, 6.45) is 1.50. The lowest BCUT2D eigenvalue weighted by Crippen LogP contribution is -2.44. The van der Waals surface area contributed by atoms with Gasteiger partial charge in [0.2, 0.25) is 0 Å². The van der Waals surface area contributed by atoms with Gasteiger partial charge < -0.3 is 14.7 Å². The number of aromatic hydroxyl groups is 1. The van der Waals surface area contributed by atoms with Gasteiger partial charge in [0.05, 0.1) is 5.69 Å². The van der Waals surface area contributed by atoms with Crippen molar-refractivity contribution in [2.75, 3.05) is 11.4 Å². The molecule has 1 aromatic carbocycles. The van der Waals surface area contributed by atoms with E-state index in [1.54, 1.807) is 30.0 Å². The zero-order chi connectivity index (χ0) is 12.4. The van der Waals surface area contributed by atoms with Gasteiger partial charge in [0.25, 0.3) is 5.91 Å². The topological polar surface area (TPSA) is 49.8 Å². The van der Waals surface area contributed by atoms with Gasteiger partial charge in [-0.1, -0.05) is 13.3 Å². The van der Waals surface area contributed by atoms with Crippen molar-refractivity contribution in [2.24, 2.45) is 0 Å². The molecule has 0 spiro atoms. The molecule has 4 nitrogen and oxygen atoms in total. The first kappa shape index (κ1) is 11.8. The van der Waals surface area contributed by atoms with E-state index in [0.717, 1.165) is 12.8 Å². The Hall–Kier alpha value is -1.71. The number of hydrogen-bond donors (Lipinski definition) is 1. The fourth-order valence-electron chi connectivity index (χ4n) is 1.94. The van der Waals surface area contributed by atoms with Crippen molar-refractivity contribution in [1.82, 2.24) is 0 Å². The Labute approximate surface area is 101 Å². The first-order valence-corrected chi connectivity index (χ1v) is 5.94. The number of ether oxygens (including phenoxy) is 1. The first-order valence-electron chi connectivity index (χ1n) is 5.94. The molecule has 1 amide bonds. The molecule has 0 fully saturated rings. The molecule has 0 aliphatic carbocycles. The Morgan fingerprint density at radius 3 is 2.94 bits per heavy atom. The monoisotopic (exact) mass is 235 g/mol. The minimum absolute atomic E-state index is 0.0449. The number of unbranched alkanes of at least 4 members (excludes halogenated alkanes) is 1.